The molecule has 0 aromatic rings. The van der Waals surface area contributed by atoms with E-state index in [1.807, 2.05) is 6.92 Å². The Bertz CT molecular complexity index is 344. The molecule has 0 spiro atoms. The second-order valence-electron chi connectivity index (χ2n) is 6.76. The number of esters is 1. The minimum absolute atomic E-state index is 0.0408. The minimum atomic E-state index is -0.696. The first-order valence-corrected chi connectivity index (χ1v) is 8.20. The monoisotopic (exact) mass is 299 g/mol. The standard InChI is InChI=1S/C16H29NO4/c1-3-20-14(18)13-5-8-16(19,9-6-13)12-17-11-15(2)7-4-10-21-15/h13,17,19H,3-12H2,1-2H3. The summed E-state index contributed by atoms with van der Waals surface area (Å²) in [5, 5.41) is 14.0. The Hall–Kier alpha value is -0.650. The van der Waals surface area contributed by atoms with Crippen molar-refractivity contribution in [2.45, 2.75) is 63.6 Å². The summed E-state index contributed by atoms with van der Waals surface area (Å²) in [7, 11) is 0. The Morgan fingerprint density at radius 3 is 2.62 bits per heavy atom. The van der Waals surface area contributed by atoms with Crippen LogP contribution in [0.1, 0.15) is 52.4 Å². The summed E-state index contributed by atoms with van der Waals surface area (Å²) >= 11 is 0. The van der Waals surface area contributed by atoms with Gasteiger partial charge in [0.1, 0.15) is 0 Å². The third kappa shape index (κ3) is 4.66. The van der Waals surface area contributed by atoms with Gasteiger partial charge in [-0.25, -0.2) is 0 Å². The van der Waals surface area contributed by atoms with Gasteiger partial charge >= 0.3 is 5.97 Å². The molecule has 1 aliphatic heterocycles. The summed E-state index contributed by atoms with van der Waals surface area (Å²) in [6.45, 7) is 6.56. The lowest BCUT2D eigenvalue weighted by Crippen LogP contribution is -2.48. The average Bonchev–Trinajstić information content (AvgIpc) is 2.86. The number of aliphatic hydroxyl groups is 1. The van der Waals surface area contributed by atoms with Crippen molar-refractivity contribution < 1.29 is 19.4 Å². The summed E-state index contributed by atoms with van der Waals surface area (Å²) in [6.07, 6.45) is 4.92. The molecule has 0 bridgehead atoms. The van der Waals surface area contributed by atoms with E-state index in [-0.39, 0.29) is 17.5 Å². The molecular formula is C16H29NO4. The highest BCUT2D eigenvalue weighted by Gasteiger charge is 2.37. The van der Waals surface area contributed by atoms with Gasteiger partial charge in [0.05, 0.1) is 23.7 Å². The number of hydrogen-bond acceptors (Lipinski definition) is 5. The fraction of sp³-hybridized carbons (Fsp3) is 0.938. The molecule has 0 amide bonds. The van der Waals surface area contributed by atoms with Crippen molar-refractivity contribution in [2.75, 3.05) is 26.3 Å². The van der Waals surface area contributed by atoms with E-state index in [4.69, 9.17) is 9.47 Å². The quantitative estimate of drug-likeness (QED) is 0.730. The van der Waals surface area contributed by atoms with Gasteiger partial charge in [0.15, 0.2) is 0 Å². The Kier molecular flexibility index (Phi) is 5.63. The molecule has 0 radical (unpaired) electrons. The molecule has 1 saturated heterocycles. The van der Waals surface area contributed by atoms with Crippen molar-refractivity contribution in [3.8, 4) is 0 Å². The molecule has 1 unspecified atom stereocenters. The Balaban J connectivity index is 1.70. The Morgan fingerprint density at radius 1 is 1.33 bits per heavy atom. The fourth-order valence-electron chi connectivity index (χ4n) is 3.36. The van der Waals surface area contributed by atoms with Crippen molar-refractivity contribution in [3.05, 3.63) is 0 Å². The van der Waals surface area contributed by atoms with Gasteiger partial charge in [-0.2, -0.15) is 0 Å². The van der Waals surface area contributed by atoms with Crippen LogP contribution in [0.15, 0.2) is 0 Å². The molecule has 1 saturated carbocycles. The van der Waals surface area contributed by atoms with Gasteiger partial charge in [0.25, 0.3) is 0 Å². The van der Waals surface area contributed by atoms with Crippen LogP contribution in [0.5, 0.6) is 0 Å². The highest BCUT2D eigenvalue weighted by molar-refractivity contribution is 5.72. The molecule has 5 nitrogen and oxygen atoms in total. The fourth-order valence-corrected chi connectivity index (χ4v) is 3.36. The smallest absolute Gasteiger partial charge is 0.308 e. The molecular weight excluding hydrogens is 270 g/mol. The second kappa shape index (κ2) is 7.07. The van der Waals surface area contributed by atoms with E-state index in [0.717, 1.165) is 26.0 Å². The van der Waals surface area contributed by atoms with Gasteiger partial charge in [0, 0.05) is 19.7 Å². The second-order valence-corrected chi connectivity index (χ2v) is 6.76. The number of rotatable bonds is 6. The molecule has 122 valence electrons. The third-order valence-electron chi connectivity index (χ3n) is 4.79. The topological polar surface area (TPSA) is 67.8 Å². The number of nitrogens with one attached hydrogen (secondary N) is 1. The summed E-state index contributed by atoms with van der Waals surface area (Å²) in [6, 6.07) is 0. The maximum atomic E-state index is 11.7. The number of ether oxygens (including phenoxy) is 2. The lowest BCUT2D eigenvalue weighted by atomic mass is 9.78. The Labute approximate surface area is 127 Å². The highest BCUT2D eigenvalue weighted by atomic mass is 16.5. The normalized spacial score (nSPS) is 36.6. The minimum Gasteiger partial charge on any atom is -0.466 e. The van der Waals surface area contributed by atoms with Gasteiger partial charge in [-0.05, 0) is 52.4 Å². The van der Waals surface area contributed by atoms with E-state index in [1.165, 1.54) is 0 Å². The molecule has 21 heavy (non-hydrogen) atoms. The summed E-state index contributed by atoms with van der Waals surface area (Å²) in [5.41, 5.74) is -0.781. The van der Waals surface area contributed by atoms with Crippen LogP contribution in [0.4, 0.5) is 0 Å². The third-order valence-corrected chi connectivity index (χ3v) is 4.79. The van der Waals surface area contributed by atoms with Gasteiger partial charge in [-0.15, -0.1) is 0 Å². The molecule has 1 atom stereocenters. The van der Waals surface area contributed by atoms with Crippen LogP contribution < -0.4 is 5.32 Å². The number of hydrogen-bond donors (Lipinski definition) is 2. The molecule has 1 aliphatic carbocycles. The summed E-state index contributed by atoms with van der Waals surface area (Å²) in [5.74, 6) is -0.153. The molecule has 2 fully saturated rings. The highest BCUT2D eigenvalue weighted by Crippen LogP contribution is 2.32. The maximum Gasteiger partial charge on any atom is 0.308 e. The Morgan fingerprint density at radius 2 is 2.05 bits per heavy atom. The van der Waals surface area contributed by atoms with E-state index in [2.05, 4.69) is 12.2 Å². The molecule has 5 heteroatoms. The van der Waals surface area contributed by atoms with Crippen LogP contribution in [-0.4, -0.2) is 48.6 Å². The zero-order valence-corrected chi connectivity index (χ0v) is 13.3. The predicted octanol–water partition coefficient (Wildman–Crippen LogP) is 1.63. The van der Waals surface area contributed by atoms with E-state index < -0.39 is 5.60 Å². The van der Waals surface area contributed by atoms with Crippen LogP contribution >= 0.6 is 0 Å². The molecule has 2 N–H and O–H groups in total. The van der Waals surface area contributed by atoms with Crippen LogP contribution in [-0.2, 0) is 14.3 Å². The SMILES string of the molecule is CCOC(=O)C1CCC(O)(CNCC2(C)CCCO2)CC1. The van der Waals surface area contributed by atoms with E-state index in [0.29, 0.717) is 38.8 Å². The van der Waals surface area contributed by atoms with Crippen molar-refractivity contribution in [1.29, 1.82) is 0 Å². The van der Waals surface area contributed by atoms with E-state index in [1.54, 1.807) is 0 Å². The van der Waals surface area contributed by atoms with Crippen LogP contribution in [0.3, 0.4) is 0 Å². The molecule has 1 heterocycles. The van der Waals surface area contributed by atoms with Crippen molar-refractivity contribution in [1.82, 2.24) is 5.32 Å². The molecule has 2 rings (SSSR count). The number of carbonyl (C=O) groups is 1. The van der Waals surface area contributed by atoms with Crippen LogP contribution in [0.25, 0.3) is 0 Å². The van der Waals surface area contributed by atoms with Crippen molar-refractivity contribution >= 4 is 5.97 Å². The van der Waals surface area contributed by atoms with Gasteiger partial charge in [-0.3, -0.25) is 4.79 Å². The largest absolute Gasteiger partial charge is 0.466 e. The van der Waals surface area contributed by atoms with Gasteiger partial charge < -0.3 is 19.9 Å². The van der Waals surface area contributed by atoms with Gasteiger partial charge in [-0.1, -0.05) is 0 Å². The lowest BCUT2D eigenvalue weighted by molar-refractivity contribution is -0.151. The lowest BCUT2D eigenvalue weighted by Gasteiger charge is -2.36. The van der Waals surface area contributed by atoms with E-state index in [9.17, 15) is 9.90 Å². The van der Waals surface area contributed by atoms with Crippen LogP contribution in [0, 0.1) is 5.92 Å². The van der Waals surface area contributed by atoms with E-state index >= 15 is 0 Å². The van der Waals surface area contributed by atoms with Crippen molar-refractivity contribution in [3.63, 3.8) is 0 Å². The zero-order chi connectivity index (χ0) is 15.3. The summed E-state index contributed by atoms with van der Waals surface area (Å²) < 4.78 is 10.8. The number of carbonyl (C=O) groups excluding carboxylic acids is 1. The van der Waals surface area contributed by atoms with Crippen molar-refractivity contribution in [2.24, 2.45) is 5.92 Å². The summed E-state index contributed by atoms with van der Waals surface area (Å²) in [4.78, 5) is 11.7. The van der Waals surface area contributed by atoms with Crippen LogP contribution in [0.2, 0.25) is 0 Å². The zero-order valence-electron chi connectivity index (χ0n) is 13.3. The molecule has 2 aliphatic rings. The first-order chi connectivity index (χ1) is 9.96. The first-order valence-electron chi connectivity index (χ1n) is 8.20. The first kappa shape index (κ1) is 16.7. The maximum absolute atomic E-state index is 11.7. The average molecular weight is 299 g/mol. The van der Waals surface area contributed by atoms with Gasteiger partial charge in [0.2, 0.25) is 0 Å². The predicted molar refractivity (Wildman–Crippen MR) is 80.0 cm³/mol. The molecule has 0 aromatic carbocycles. The molecule has 0 aromatic heterocycles.